The topological polar surface area (TPSA) is 71.1 Å². The molecule has 0 aliphatic rings. The van der Waals surface area contributed by atoms with Gasteiger partial charge in [0.1, 0.15) is 5.01 Å². The zero-order valence-corrected chi connectivity index (χ0v) is 13.7. The van der Waals surface area contributed by atoms with Gasteiger partial charge in [-0.3, -0.25) is 0 Å². The highest BCUT2D eigenvalue weighted by Crippen LogP contribution is 2.17. The van der Waals surface area contributed by atoms with Gasteiger partial charge >= 0.3 is 0 Å². The van der Waals surface area contributed by atoms with E-state index in [4.69, 9.17) is 0 Å². The molecule has 7 heteroatoms. The minimum absolute atomic E-state index is 0.0252. The zero-order valence-electron chi connectivity index (χ0n) is 12.0. The van der Waals surface area contributed by atoms with Crippen molar-refractivity contribution in [2.75, 3.05) is 7.05 Å². The van der Waals surface area contributed by atoms with E-state index < -0.39 is 10.0 Å². The van der Waals surface area contributed by atoms with Crippen LogP contribution in [0.25, 0.3) is 0 Å². The third-order valence-corrected chi connectivity index (χ3v) is 5.32. The van der Waals surface area contributed by atoms with Crippen molar-refractivity contribution in [1.82, 2.24) is 15.0 Å². The third-order valence-electron chi connectivity index (χ3n) is 2.94. The molecule has 0 fully saturated rings. The standard InChI is InChI=1S/C14H19N3O2S2/c1-11(14-16-7-8-20-14)17-21(18,19)10-13-5-3-12(4-6-13)9-15-2/h3-8,11,15,17H,9-10H2,1-2H3. The first-order valence-electron chi connectivity index (χ1n) is 6.62. The van der Waals surface area contributed by atoms with Crippen molar-refractivity contribution in [1.29, 1.82) is 0 Å². The van der Waals surface area contributed by atoms with Crippen molar-refractivity contribution >= 4 is 21.4 Å². The first-order valence-corrected chi connectivity index (χ1v) is 9.15. The van der Waals surface area contributed by atoms with Crippen LogP contribution in [0.15, 0.2) is 35.8 Å². The van der Waals surface area contributed by atoms with Gasteiger partial charge in [-0.1, -0.05) is 24.3 Å². The molecule has 1 unspecified atom stereocenters. The Morgan fingerprint density at radius 3 is 2.48 bits per heavy atom. The van der Waals surface area contributed by atoms with E-state index in [0.717, 1.165) is 22.7 Å². The van der Waals surface area contributed by atoms with Crippen LogP contribution in [0.1, 0.15) is 29.1 Å². The first kappa shape index (κ1) is 16.1. The molecule has 0 saturated carbocycles. The largest absolute Gasteiger partial charge is 0.316 e. The monoisotopic (exact) mass is 325 g/mol. The molecule has 0 radical (unpaired) electrons. The molecule has 5 nitrogen and oxygen atoms in total. The molecule has 1 atom stereocenters. The van der Waals surface area contributed by atoms with Crippen molar-refractivity contribution in [2.24, 2.45) is 0 Å². The predicted molar refractivity (Wildman–Crippen MR) is 85.5 cm³/mol. The average molecular weight is 325 g/mol. The molecular weight excluding hydrogens is 306 g/mol. The van der Waals surface area contributed by atoms with E-state index in [0.29, 0.717) is 0 Å². The summed E-state index contributed by atoms with van der Waals surface area (Å²) in [5, 5.41) is 5.66. The number of nitrogens with one attached hydrogen (secondary N) is 2. The van der Waals surface area contributed by atoms with Gasteiger partial charge in [0.2, 0.25) is 10.0 Å². The third kappa shape index (κ3) is 4.89. The Morgan fingerprint density at radius 1 is 1.24 bits per heavy atom. The van der Waals surface area contributed by atoms with Crippen LogP contribution in [0, 0.1) is 0 Å². The van der Waals surface area contributed by atoms with Gasteiger partial charge in [-0.05, 0) is 25.1 Å². The van der Waals surface area contributed by atoms with Gasteiger partial charge in [-0.25, -0.2) is 18.1 Å². The van der Waals surface area contributed by atoms with Gasteiger partial charge in [-0.2, -0.15) is 0 Å². The lowest BCUT2D eigenvalue weighted by molar-refractivity contribution is 0.565. The quantitative estimate of drug-likeness (QED) is 0.817. The van der Waals surface area contributed by atoms with E-state index >= 15 is 0 Å². The molecule has 1 aromatic carbocycles. The van der Waals surface area contributed by atoms with E-state index in [1.54, 1.807) is 13.1 Å². The molecule has 0 spiro atoms. The Morgan fingerprint density at radius 2 is 1.90 bits per heavy atom. The maximum absolute atomic E-state index is 12.2. The molecule has 0 aliphatic carbocycles. The molecule has 0 amide bonds. The molecule has 1 heterocycles. The van der Waals surface area contributed by atoms with Gasteiger partial charge in [0.15, 0.2) is 0 Å². The van der Waals surface area contributed by atoms with Crippen LogP contribution in [0.5, 0.6) is 0 Å². The Bertz CT molecular complexity index is 652. The maximum atomic E-state index is 12.2. The molecular formula is C14H19N3O2S2. The number of benzene rings is 1. The molecule has 0 aliphatic heterocycles. The van der Waals surface area contributed by atoms with Gasteiger partial charge in [0, 0.05) is 18.1 Å². The molecule has 0 bridgehead atoms. The Kier molecular flexibility index (Phi) is 5.46. The van der Waals surface area contributed by atoms with Crippen molar-refractivity contribution in [3.8, 4) is 0 Å². The number of rotatable bonds is 7. The molecule has 0 saturated heterocycles. The molecule has 2 N–H and O–H groups in total. The Balaban J connectivity index is 2.00. The molecule has 2 rings (SSSR count). The summed E-state index contributed by atoms with van der Waals surface area (Å²) in [5.41, 5.74) is 1.90. The fourth-order valence-corrected chi connectivity index (χ4v) is 4.07. The minimum Gasteiger partial charge on any atom is -0.316 e. The van der Waals surface area contributed by atoms with Crippen LogP contribution in [-0.2, 0) is 22.3 Å². The van der Waals surface area contributed by atoms with Crippen molar-refractivity contribution in [3.05, 3.63) is 52.0 Å². The van der Waals surface area contributed by atoms with E-state index in [9.17, 15) is 8.42 Å². The highest BCUT2D eigenvalue weighted by atomic mass is 32.2. The van der Waals surface area contributed by atoms with Gasteiger partial charge in [0.05, 0.1) is 11.8 Å². The SMILES string of the molecule is CNCc1ccc(CS(=O)(=O)NC(C)c2nccs2)cc1. The number of nitrogens with zero attached hydrogens (tertiary/aromatic N) is 1. The maximum Gasteiger partial charge on any atom is 0.216 e. The fourth-order valence-electron chi connectivity index (χ4n) is 1.99. The number of hydrogen-bond acceptors (Lipinski definition) is 5. The summed E-state index contributed by atoms with van der Waals surface area (Å²) in [6, 6.07) is 7.26. The van der Waals surface area contributed by atoms with Crippen LogP contribution in [0.3, 0.4) is 0 Å². The van der Waals surface area contributed by atoms with Crippen molar-refractivity contribution in [3.63, 3.8) is 0 Å². The summed E-state index contributed by atoms with van der Waals surface area (Å²) in [5.74, 6) is -0.0252. The Hall–Kier alpha value is -1.28. The van der Waals surface area contributed by atoms with Crippen LogP contribution < -0.4 is 10.0 Å². The minimum atomic E-state index is -3.38. The fraction of sp³-hybridized carbons (Fsp3) is 0.357. The number of aromatic nitrogens is 1. The van der Waals surface area contributed by atoms with E-state index in [2.05, 4.69) is 15.0 Å². The lowest BCUT2D eigenvalue weighted by Crippen LogP contribution is -2.28. The average Bonchev–Trinajstić information content (AvgIpc) is 2.94. The lowest BCUT2D eigenvalue weighted by atomic mass is 10.1. The van der Waals surface area contributed by atoms with Crippen molar-refractivity contribution in [2.45, 2.75) is 25.3 Å². The van der Waals surface area contributed by atoms with Gasteiger partial charge < -0.3 is 5.32 Å². The van der Waals surface area contributed by atoms with Crippen LogP contribution in [-0.4, -0.2) is 20.4 Å². The summed E-state index contributed by atoms with van der Waals surface area (Å²) in [6.07, 6.45) is 1.67. The summed E-state index contributed by atoms with van der Waals surface area (Å²) in [6.45, 7) is 2.57. The smallest absolute Gasteiger partial charge is 0.216 e. The highest BCUT2D eigenvalue weighted by molar-refractivity contribution is 7.88. The summed E-state index contributed by atoms with van der Waals surface area (Å²) < 4.78 is 27.0. The van der Waals surface area contributed by atoms with E-state index in [-0.39, 0.29) is 11.8 Å². The van der Waals surface area contributed by atoms with Crippen LogP contribution in [0.4, 0.5) is 0 Å². The lowest BCUT2D eigenvalue weighted by Gasteiger charge is -2.12. The predicted octanol–water partition coefficient (Wildman–Crippen LogP) is 2.04. The second-order valence-corrected chi connectivity index (χ2v) is 7.50. The summed E-state index contributed by atoms with van der Waals surface area (Å²) in [4.78, 5) is 4.12. The van der Waals surface area contributed by atoms with Gasteiger partial charge in [-0.15, -0.1) is 11.3 Å². The molecule has 2 aromatic rings. The summed E-state index contributed by atoms with van der Waals surface area (Å²) >= 11 is 1.44. The van der Waals surface area contributed by atoms with Gasteiger partial charge in [0.25, 0.3) is 0 Å². The number of thiazole rings is 1. The van der Waals surface area contributed by atoms with E-state index in [1.807, 2.05) is 36.7 Å². The molecule has 21 heavy (non-hydrogen) atoms. The molecule has 1 aromatic heterocycles. The van der Waals surface area contributed by atoms with Crippen LogP contribution >= 0.6 is 11.3 Å². The first-order chi connectivity index (χ1) is 10.00. The highest BCUT2D eigenvalue weighted by Gasteiger charge is 2.17. The van der Waals surface area contributed by atoms with Crippen molar-refractivity contribution < 1.29 is 8.42 Å². The number of sulfonamides is 1. The van der Waals surface area contributed by atoms with E-state index in [1.165, 1.54) is 11.3 Å². The normalized spacial score (nSPS) is 13.2. The van der Waals surface area contributed by atoms with Crippen LogP contribution in [0.2, 0.25) is 0 Å². The number of hydrogen-bond donors (Lipinski definition) is 2. The Labute approximate surface area is 129 Å². The second-order valence-electron chi connectivity index (χ2n) is 4.82. The zero-order chi connectivity index (χ0) is 15.3. The molecule has 114 valence electrons. The second kappa shape index (κ2) is 7.13. The summed E-state index contributed by atoms with van der Waals surface area (Å²) in [7, 11) is -1.51.